The monoisotopic (exact) mass is 370 g/mol. The van der Waals surface area contributed by atoms with E-state index in [1.807, 2.05) is 29.2 Å². The van der Waals surface area contributed by atoms with Gasteiger partial charge in [0.2, 0.25) is 5.91 Å². The molecular formula is C20H26N4OS. The smallest absolute Gasteiger partial charge is 0.233 e. The Morgan fingerprint density at radius 2 is 1.85 bits per heavy atom. The van der Waals surface area contributed by atoms with E-state index in [0.29, 0.717) is 12.3 Å². The molecule has 1 aromatic carbocycles. The fourth-order valence-electron chi connectivity index (χ4n) is 3.19. The van der Waals surface area contributed by atoms with Crippen molar-refractivity contribution in [3.63, 3.8) is 0 Å². The molecule has 0 radical (unpaired) electrons. The SMILES string of the molecule is C=CCn1c(Cc2ccccc2)nnc1SCC(=O)N1CCCCCC1. The van der Waals surface area contributed by atoms with Crippen LogP contribution in [0.5, 0.6) is 0 Å². The maximum Gasteiger partial charge on any atom is 0.233 e. The van der Waals surface area contributed by atoms with E-state index in [1.54, 1.807) is 0 Å². The van der Waals surface area contributed by atoms with Crippen LogP contribution in [0.25, 0.3) is 0 Å². The van der Waals surface area contributed by atoms with Crippen LogP contribution in [0.4, 0.5) is 0 Å². The van der Waals surface area contributed by atoms with E-state index in [1.165, 1.54) is 30.2 Å². The summed E-state index contributed by atoms with van der Waals surface area (Å²) in [6, 6.07) is 10.2. The van der Waals surface area contributed by atoms with Crippen LogP contribution in [0.15, 0.2) is 48.1 Å². The van der Waals surface area contributed by atoms with Crippen molar-refractivity contribution in [1.29, 1.82) is 0 Å². The van der Waals surface area contributed by atoms with Crippen LogP contribution < -0.4 is 0 Å². The van der Waals surface area contributed by atoms with Crippen molar-refractivity contribution in [3.05, 3.63) is 54.4 Å². The van der Waals surface area contributed by atoms with E-state index in [0.717, 1.165) is 43.3 Å². The van der Waals surface area contributed by atoms with Crippen molar-refractivity contribution >= 4 is 17.7 Å². The third kappa shape index (κ3) is 4.97. The molecule has 5 nitrogen and oxygen atoms in total. The van der Waals surface area contributed by atoms with E-state index < -0.39 is 0 Å². The zero-order chi connectivity index (χ0) is 18.2. The molecule has 1 aliphatic rings. The summed E-state index contributed by atoms with van der Waals surface area (Å²) in [5.74, 6) is 1.52. The van der Waals surface area contributed by atoms with Crippen molar-refractivity contribution < 1.29 is 4.79 Å². The average molecular weight is 371 g/mol. The van der Waals surface area contributed by atoms with Gasteiger partial charge in [0.1, 0.15) is 5.82 Å². The second kappa shape index (κ2) is 9.57. The van der Waals surface area contributed by atoms with Crippen molar-refractivity contribution in [2.24, 2.45) is 0 Å². The first-order valence-corrected chi connectivity index (χ1v) is 10.2. The van der Waals surface area contributed by atoms with Gasteiger partial charge in [-0.3, -0.25) is 4.79 Å². The van der Waals surface area contributed by atoms with Crippen molar-refractivity contribution in [2.45, 2.75) is 43.8 Å². The third-order valence-electron chi connectivity index (χ3n) is 4.59. The fraction of sp³-hybridized carbons (Fsp3) is 0.450. The lowest BCUT2D eigenvalue weighted by atomic mass is 10.1. The number of nitrogens with zero attached hydrogens (tertiary/aromatic N) is 4. The van der Waals surface area contributed by atoms with Crippen molar-refractivity contribution in [3.8, 4) is 0 Å². The zero-order valence-electron chi connectivity index (χ0n) is 15.1. The first-order valence-electron chi connectivity index (χ1n) is 9.25. The summed E-state index contributed by atoms with van der Waals surface area (Å²) in [4.78, 5) is 14.5. The summed E-state index contributed by atoms with van der Waals surface area (Å²) in [6.45, 7) is 6.27. The minimum atomic E-state index is 0.203. The number of hydrogen-bond acceptors (Lipinski definition) is 4. The number of hydrogen-bond donors (Lipinski definition) is 0. The molecule has 0 bridgehead atoms. The molecule has 1 amide bonds. The van der Waals surface area contributed by atoms with Gasteiger partial charge in [-0.15, -0.1) is 16.8 Å². The van der Waals surface area contributed by atoms with Gasteiger partial charge in [0.15, 0.2) is 5.16 Å². The number of carbonyl (C=O) groups is 1. The number of likely N-dealkylation sites (tertiary alicyclic amines) is 1. The van der Waals surface area contributed by atoms with Gasteiger partial charge < -0.3 is 9.47 Å². The van der Waals surface area contributed by atoms with E-state index in [-0.39, 0.29) is 5.91 Å². The molecule has 26 heavy (non-hydrogen) atoms. The fourth-order valence-corrected chi connectivity index (χ4v) is 4.05. The van der Waals surface area contributed by atoms with Gasteiger partial charge in [0.05, 0.1) is 5.75 Å². The van der Waals surface area contributed by atoms with Crippen molar-refractivity contribution in [2.75, 3.05) is 18.8 Å². The molecule has 6 heteroatoms. The molecule has 0 aliphatic carbocycles. The molecule has 0 unspecified atom stereocenters. The summed E-state index contributed by atoms with van der Waals surface area (Å²) in [7, 11) is 0. The molecule has 2 heterocycles. The molecule has 1 aromatic heterocycles. The largest absolute Gasteiger partial charge is 0.342 e. The summed E-state index contributed by atoms with van der Waals surface area (Å²) in [5, 5.41) is 9.47. The normalized spacial score (nSPS) is 14.8. The Morgan fingerprint density at radius 3 is 2.54 bits per heavy atom. The molecule has 1 fully saturated rings. The van der Waals surface area contributed by atoms with Crippen LogP contribution in [0.2, 0.25) is 0 Å². The number of carbonyl (C=O) groups excluding carboxylic acids is 1. The van der Waals surface area contributed by atoms with Crippen LogP contribution in [-0.4, -0.2) is 44.4 Å². The van der Waals surface area contributed by atoms with Crippen LogP contribution in [0, 0.1) is 0 Å². The Kier molecular flexibility index (Phi) is 6.89. The lowest BCUT2D eigenvalue weighted by Gasteiger charge is -2.19. The second-order valence-corrected chi connectivity index (χ2v) is 7.49. The first-order chi connectivity index (χ1) is 12.8. The van der Waals surface area contributed by atoms with Gasteiger partial charge in [-0.05, 0) is 18.4 Å². The minimum Gasteiger partial charge on any atom is -0.342 e. The molecule has 0 spiro atoms. The lowest BCUT2D eigenvalue weighted by molar-refractivity contribution is -0.128. The molecule has 1 aliphatic heterocycles. The summed E-state index contributed by atoms with van der Waals surface area (Å²) in [5.41, 5.74) is 1.20. The predicted molar refractivity (Wildman–Crippen MR) is 105 cm³/mol. The number of aromatic nitrogens is 3. The van der Waals surface area contributed by atoms with Gasteiger partial charge in [-0.25, -0.2) is 0 Å². The van der Waals surface area contributed by atoms with Crippen molar-refractivity contribution in [1.82, 2.24) is 19.7 Å². The maximum atomic E-state index is 12.5. The van der Waals surface area contributed by atoms with Gasteiger partial charge >= 0.3 is 0 Å². The number of benzene rings is 1. The van der Waals surface area contributed by atoms with E-state index in [2.05, 4.69) is 33.5 Å². The Labute approximate surface area is 159 Å². The van der Waals surface area contributed by atoms with Crippen LogP contribution in [0.1, 0.15) is 37.1 Å². The number of rotatable bonds is 7. The Balaban J connectivity index is 1.65. The topological polar surface area (TPSA) is 51.0 Å². The van der Waals surface area contributed by atoms with Gasteiger partial charge in [0.25, 0.3) is 0 Å². The van der Waals surface area contributed by atoms with Crippen LogP contribution in [-0.2, 0) is 17.8 Å². The highest BCUT2D eigenvalue weighted by atomic mass is 32.2. The highest BCUT2D eigenvalue weighted by molar-refractivity contribution is 7.99. The highest BCUT2D eigenvalue weighted by Gasteiger charge is 2.18. The summed E-state index contributed by atoms with van der Waals surface area (Å²) in [6.07, 6.45) is 7.26. The molecule has 1 saturated heterocycles. The van der Waals surface area contributed by atoms with Crippen LogP contribution >= 0.6 is 11.8 Å². The highest BCUT2D eigenvalue weighted by Crippen LogP contribution is 2.20. The quantitative estimate of drug-likeness (QED) is 0.552. The molecule has 0 atom stereocenters. The summed E-state index contributed by atoms with van der Waals surface area (Å²) < 4.78 is 2.06. The first kappa shape index (κ1) is 18.7. The predicted octanol–water partition coefficient (Wildman–Crippen LogP) is 3.55. The summed E-state index contributed by atoms with van der Waals surface area (Å²) >= 11 is 1.48. The van der Waals surface area contributed by atoms with E-state index in [9.17, 15) is 4.79 Å². The molecule has 2 aromatic rings. The molecular weight excluding hydrogens is 344 g/mol. The molecule has 0 saturated carbocycles. The minimum absolute atomic E-state index is 0.203. The zero-order valence-corrected chi connectivity index (χ0v) is 16.0. The second-order valence-electron chi connectivity index (χ2n) is 6.54. The Hall–Kier alpha value is -2.08. The number of amides is 1. The van der Waals surface area contributed by atoms with E-state index >= 15 is 0 Å². The number of thioether (sulfide) groups is 1. The molecule has 138 valence electrons. The van der Waals surface area contributed by atoms with Gasteiger partial charge in [-0.1, -0.05) is 61.0 Å². The van der Waals surface area contributed by atoms with Gasteiger partial charge in [0, 0.05) is 26.1 Å². The lowest BCUT2D eigenvalue weighted by Crippen LogP contribution is -2.33. The third-order valence-corrected chi connectivity index (χ3v) is 5.55. The van der Waals surface area contributed by atoms with E-state index in [4.69, 9.17) is 0 Å². The Bertz CT molecular complexity index is 721. The number of allylic oxidation sites excluding steroid dienone is 1. The maximum absolute atomic E-state index is 12.5. The van der Waals surface area contributed by atoms with Gasteiger partial charge in [-0.2, -0.15) is 0 Å². The molecule has 3 rings (SSSR count). The van der Waals surface area contributed by atoms with Crippen LogP contribution in [0.3, 0.4) is 0 Å². The standard InChI is InChI=1S/C20H26N4OS/c1-2-12-24-18(15-17-10-6-5-7-11-17)21-22-20(24)26-16-19(25)23-13-8-3-4-9-14-23/h2,5-7,10-11H,1,3-4,8-9,12-16H2. The average Bonchev–Trinajstić information content (AvgIpc) is 2.87. The Morgan fingerprint density at radius 1 is 1.12 bits per heavy atom. The molecule has 0 N–H and O–H groups in total.